The summed E-state index contributed by atoms with van der Waals surface area (Å²) in [7, 11) is 0. The Hall–Kier alpha value is -2.97. The van der Waals surface area contributed by atoms with E-state index in [0.717, 1.165) is 0 Å². The second kappa shape index (κ2) is 7.72. The Morgan fingerprint density at radius 3 is 2.36 bits per heavy atom. The van der Waals surface area contributed by atoms with Gasteiger partial charge >= 0.3 is 5.97 Å². The average Bonchev–Trinajstić information content (AvgIpc) is 2.46. The molecule has 9 nitrogen and oxygen atoms in total. The quantitative estimate of drug-likeness (QED) is 0.489. The van der Waals surface area contributed by atoms with Crippen LogP contribution in [-0.2, 0) is 9.59 Å². The van der Waals surface area contributed by atoms with Crippen LogP contribution in [0.2, 0.25) is 0 Å². The summed E-state index contributed by atoms with van der Waals surface area (Å²) >= 11 is 0. The van der Waals surface area contributed by atoms with Gasteiger partial charge in [0.05, 0.1) is 4.92 Å². The molecular weight excluding hydrogens is 294 g/mol. The number of hydrogen-bond acceptors (Lipinski definition) is 5. The maximum Gasteiger partial charge on any atom is 0.325 e. The molecule has 0 spiro atoms. The summed E-state index contributed by atoms with van der Waals surface area (Å²) in [5, 5.41) is 23.8. The summed E-state index contributed by atoms with van der Waals surface area (Å²) in [6, 6.07) is 4.02. The van der Waals surface area contributed by atoms with Crippen LogP contribution in [-0.4, -0.2) is 40.4 Å². The molecule has 0 aliphatic carbocycles. The molecule has 0 radical (unpaired) electrons. The van der Waals surface area contributed by atoms with E-state index >= 15 is 0 Å². The number of benzene rings is 1. The van der Waals surface area contributed by atoms with E-state index in [4.69, 9.17) is 5.11 Å². The Morgan fingerprint density at radius 2 is 1.86 bits per heavy atom. The first-order chi connectivity index (χ1) is 10.3. The lowest BCUT2D eigenvalue weighted by molar-refractivity contribution is -0.384. The molecule has 2 amide bonds. The highest BCUT2D eigenvalue weighted by atomic mass is 16.6. The van der Waals surface area contributed by atoms with E-state index < -0.39 is 28.7 Å². The van der Waals surface area contributed by atoms with Crippen LogP contribution in [0.1, 0.15) is 23.7 Å². The van der Waals surface area contributed by atoms with Crippen LogP contribution >= 0.6 is 0 Å². The highest BCUT2D eigenvalue weighted by molar-refractivity contribution is 5.94. The Kier molecular flexibility index (Phi) is 5.99. The lowest BCUT2D eigenvalue weighted by Crippen LogP contribution is -2.39. The summed E-state index contributed by atoms with van der Waals surface area (Å²) in [4.78, 5) is 43.6. The van der Waals surface area contributed by atoms with E-state index in [1.807, 2.05) is 0 Å². The molecule has 1 atom stereocenters. The van der Waals surface area contributed by atoms with Gasteiger partial charge in [0.25, 0.3) is 11.6 Å². The van der Waals surface area contributed by atoms with Crippen molar-refractivity contribution in [1.82, 2.24) is 10.6 Å². The van der Waals surface area contributed by atoms with Gasteiger partial charge < -0.3 is 15.7 Å². The van der Waals surface area contributed by atoms with E-state index in [0.29, 0.717) is 0 Å². The lowest BCUT2D eigenvalue weighted by Gasteiger charge is -2.09. The molecule has 3 N–H and O–H groups in total. The summed E-state index contributed by atoms with van der Waals surface area (Å²) in [5.41, 5.74) is 0.100. The van der Waals surface area contributed by atoms with E-state index in [1.54, 1.807) is 0 Å². The number of nitrogens with zero attached hydrogens (tertiary/aromatic N) is 1. The molecule has 0 aliphatic heterocycles. The number of aliphatic carboxylic acids is 1. The van der Waals surface area contributed by atoms with Crippen LogP contribution in [0.4, 0.5) is 5.69 Å². The van der Waals surface area contributed by atoms with Crippen molar-refractivity contribution in [2.75, 3.05) is 6.54 Å². The lowest BCUT2D eigenvalue weighted by atomic mass is 10.2. The fourth-order valence-electron chi connectivity index (χ4n) is 1.50. The predicted octanol–water partition coefficient (Wildman–Crippen LogP) is 0.304. The number of rotatable bonds is 7. The third-order valence-electron chi connectivity index (χ3n) is 2.73. The fourth-order valence-corrected chi connectivity index (χ4v) is 1.50. The van der Waals surface area contributed by atoms with Crippen LogP contribution in [0.3, 0.4) is 0 Å². The number of nitrogens with one attached hydrogen (secondary N) is 2. The van der Waals surface area contributed by atoms with Gasteiger partial charge in [-0.15, -0.1) is 0 Å². The molecule has 0 fully saturated rings. The minimum atomic E-state index is -1.15. The number of amides is 2. The fraction of sp³-hybridized carbons (Fsp3) is 0.308. The molecule has 1 aromatic carbocycles. The number of carboxylic acids is 1. The maximum absolute atomic E-state index is 11.7. The second-order valence-corrected chi connectivity index (χ2v) is 4.44. The van der Waals surface area contributed by atoms with Gasteiger partial charge in [-0.1, -0.05) is 0 Å². The van der Waals surface area contributed by atoms with Gasteiger partial charge in [-0.2, -0.15) is 0 Å². The van der Waals surface area contributed by atoms with Crippen LogP contribution in [0.25, 0.3) is 0 Å². The van der Waals surface area contributed by atoms with Crippen LogP contribution in [0.5, 0.6) is 0 Å². The minimum Gasteiger partial charge on any atom is -0.480 e. The van der Waals surface area contributed by atoms with Gasteiger partial charge in [-0.3, -0.25) is 24.5 Å². The van der Waals surface area contributed by atoms with Crippen molar-refractivity contribution in [1.29, 1.82) is 0 Å². The van der Waals surface area contributed by atoms with Gasteiger partial charge in [0, 0.05) is 30.7 Å². The number of carbonyl (C=O) groups excluding carboxylic acids is 2. The molecule has 0 aliphatic rings. The molecule has 1 rings (SSSR count). The summed E-state index contributed by atoms with van der Waals surface area (Å²) < 4.78 is 0. The van der Waals surface area contributed by atoms with Crippen molar-refractivity contribution in [2.45, 2.75) is 19.4 Å². The Morgan fingerprint density at radius 1 is 1.27 bits per heavy atom. The summed E-state index contributed by atoms with van der Waals surface area (Å²) in [6.45, 7) is 1.35. The molecule has 0 saturated heterocycles. The molecule has 0 aromatic heterocycles. The predicted molar refractivity (Wildman–Crippen MR) is 75.3 cm³/mol. The van der Waals surface area contributed by atoms with Crippen LogP contribution in [0.15, 0.2) is 24.3 Å². The zero-order valence-electron chi connectivity index (χ0n) is 11.7. The zero-order chi connectivity index (χ0) is 16.7. The molecule has 118 valence electrons. The van der Waals surface area contributed by atoms with Crippen molar-refractivity contribution in [3.8, 4) is 0 Å². The molecule has 1 aromatic rings. The van der Waals surface area contributed by atoms with E-state index in [2.05, 4.69) is 10.6 Å². The first-order valence-corrected chi connectivity index (χ1v) is 6.36. The van der Waals surface area contributed by atoms with Gasteiger partial charge in [0.15, 0.2) is 0 Å². The van der Waals surface area contributed by atoms with Crippen LogP contribution < -0.4 is 10.6 Å². The van der Waals surface area contributed by atoms with Crippen LogP contribution in [0, 0.1) is 10.1 Å². The van der Waals surface area contributed by atoms with Crippen molar-refractivity contribution in [3.05, 3.63) is 39.9 Å². The average molecular weight is 309 g/mol. The Bertz CT molecular complexity index is 584. The molecule has 0 heterocycles. The normalized spacial score (nSPS) is 11.3. The Labute approximate surface area is 125 Å². The van der Waals surface area contributed by atoms with E-state index in [1.165, 1.54) is 31.2 Å². The first kappa shape index (κ1) is 17.1. The van der Waals surface area contributed by atoms with Crippen molar-refractivity contribution < 1.29 is 24.4 Å². The minimum absolute atomic E-state index is 0.0218. The smallest absolute Gasteiger partial charge is 0.325 e. The highest BCUT2D eigenvalue weighted by Crippen LogP contribution is 2.11. The van der Waals surface area contributed by atoms with E-state index in [-0.39, 0.29) is 24.2 Å². The van der Waals surface area contributed by atoms with Crippen molar-refractivity contribution in [3.63, 3.8) is 0 Å². The van der Waals surface area contributed by atoms with Gasteiger partial charge in [0.2, 0.25) is 5.91 Å². The molecular formula is C13H15N3O6. The molecule has 9 heteroatoms. The van der Waals surface area contributed by atoms with Gasteiger partial charge in [0.1, 0.15) is 6.04 Å². The van der Waals surface area contributed by atoms with Gasteiger partial charge in [-0.05, 0) is 19.1 Å². The van der Waals surface area contributed by atoms with Crippen molar-refractivity contribution >= 4 is 23.5 Å². The summed E-state index contributed by atoms with van der Waals surface area (Å²) in [5.74, 6) is -2.13. The SMILES string of the molecule is C[C@@H](NC(=O)CCNC(=O)c1ccc([N+](=O)[O-])cc1)C(=O)O. The zero-order valence-corrected chi connectivity index (χ0v) is 11.7. The standard InChI is InChI=1S/C13H15N3O6/c1-8(13(19)20)15-11(17)6-7-14-12(18)9-2-4-10(5-3-9)16(21)22/h2-5,8H,6-7H2,1H3,(H,14,18)(H,15,17)(H,19,20)/t8-/m1/s1. The monoisotopic (exact) mass is 309 g/mol. The third-order valence-corrected chi connectivity index (χ3v) is 2.73. The second-order valence-electron chi connectivity index (χ2n) is 4.44. The highest BCUT2D eigenvalue weighted by Gasteiger charge is 2.14. The number of non-ortho nitro benzene ring substituents is 1. The molecule has 0 unspecified atom stereocenters. The topological polar surface area (TPSA) is 139 Å². The number of nitro groups is 1. The molecule has 0 saturated carbocycles. The Balaban J connectivity index is 2.41. The first-order valence-electron chi connectivity index (χ1n) is 6.36. The number of hydrogen-bond donors (Lipinski definition) is 3. The largest absolute Gasteiger partial charge is 0.480 e. The molecule has 0 bridgehead atoms. The number of carboxylic acid groups (broad SMARTS) is 1. The maximum atomic E-state index is 11.7. The summed E-state index contributed by atoms with van der Waals surface area (Å²) in [6.07, 6.45) is -0.0731. The number of nitro benzene ring substituents is 1. The molecule has 22 heavy (non-hydrogen) atoms. The van der Waals surface area contributed by atoms with Crippen molar-refractivity contribution in [2.24, 2.45) is 0 Å². The number of carbonyl (C=O) groups is 3. The van der Waals surface area contributed by atoms with E-state index in [9.17, 15) is 24.5 Å². The third kappa shape index (κ3) is 5.19. The van der Waals surface area contributed by atoms with Gasteiger partial charge in [-0.25, -0.2) is 0 Å².